The second kappa shape index (κ2) is 6.45. The Bertz CT molecular complexity index is 406. The number of nitrogens with one attached hydrogen (secondary N) is 1. The maximum atomic E-state index is 12.3. The number of nitrogens with two attached hydrogens (primary N) is 1. The number of amides is 1. The van der Waals surface area contributed by atoms with Crippen LogP contribution in [0.1, 0.15) is 36.7 Å². The topological polar surface area (TPSA) is 62.1 Å². The Hall–Kier alpha value is -0.710. The molecule has 0 aliphatic carbocycles. The lowest BCUT2D eigenvalue weighted by Crippen LogP contribution is -2.51. The number of halogens is 2. The lowest BCUT2D eigenvalue weighted by Gasteiger charge is -2.37. The van der Waals surface area contributed by atoms with Gasteiger partial charge < -0.3 is 15.6 Å². The Morgan fingerprint density at radius 3 is 2.89 bits per heavy atom. The zero-order chi connectivity index (χ0) is 12.4. The van der Waals surface area contributed by atoms with E-state index in [1.165, 1.54) is 0 Å². The third kappa shape index (κ3) is 3.19. The molecule has 1 aromatic rings. The van der Waals surface area contributed by atoms with Crippen molar-refractivity contribution >= 4 is 29.9 Å². The number of aromatic amines is 1. The third-order valence-corrected chi connectivity index (χ3v) is 3.51. The van der Waals surface area contributed by atoms with Crippen molar-refractivity contribution in [3.8, 4) is 0 Å². The number of likely N-dealkylation sites (tertiary alicyclic amines) is 1. The lowest BCUT2D eigenvalue weighted by molar-refractivity contribution is 0.0578. The molecule has 1 fully saturated rings. The molecule has 102 valence electrons. The maximum absolute atomic E-state index is 12.3. The van der Waals surface area contributed by atoms with Gasteiger partial charge in [0, 0.05) is 24.8 Å². The van der Waals surface area contributed by atoms with Gasteiger partial charge >= 0.3 is 0 Å². The Balaban J connectivity index is 0.00000162. The molecule has 2 unspecified atom stereocenters. The van der Waals surface area contributed by atoms with E-state index < -0.39 is 0 Å². The number of piperidine rings is 1. The fourth-order valence-electron chi connectivity index (χ4n) is 2.40. The summed E-state index contributed by atoms with van der Waals surface area (Å²) in [5.74, 6) is -0.00102. The molecule has 2 heterocycles. The number of nitrogens with zero attached hydrogens (tertiary/aromatic N) is 1. The molecule has 2 rings (SSSR count). The van der Waals surface area contributed by atoms with Gasteiger partial charge in [0.05, 0.1) is 5.02 Å². The predicted molar refractivity (Wildman–Crippen MR) is 75.4 cm³/mol. The summed E-state index contributed by atoms with van der Waals surface area (Å²) >= 11 is 5.82. The van der Waals surface area contributed by atoms with Crippen molar-refractivity contribution in [1.29, 1.82) is 0 Å². The zero-order valence-corrected chi connectivity index (χ0v) is 11.9. The number of rotatable bonds is 2. The molecule has 1 saturated heterocycles. The average molecular weight is 292 g/mol. The summed E-state index contributed by atoms with van der Waals surface area (Å²) in [5, 5.41) is 0.558. The fourth-order valence-corrected chi connectivity index (χ4v) is 2.57. The smallest absolute Gasteiger partial charge is 0.270 e. The van der Waals surface area contributed by atoms with E-state index in [-0.39, 0.29) is 30.4 Å². The molecule has 1 amide bonds. The molecule has 0 aromatic carbocycles. The Morgan fingerprint density at radius 1 is 1.61 bits per heavy atom. The summed E-state index contributed by atoms with van der Waals surface area (Å²) in [7, 11) is 0. The van der Waals surface area contributed by atoms with Crippen molar-refractivity contribution < 1.29 is 4.79 Å². The van der Waals surface area contributed by atoms with Crippen LogP contribution in [0.5, 0.6) is 0 Å². The molecular formula is C12H19Cl2N3O. The monoisotopic (exact) mass is 291 g/mol. The van der Waals surface area contributed by atoms with Gasteiger partial charge in [-0.25, -0.2) is 0 Å². The normalized spacial score (nSPS) is 21.3. The van der Waals surface area contributed by atoms with Crippen LogP contribution >= 0.6 is 24.0 Å². The van der Waals surface area contributed by atoms with Crippen LogP contribution in [0.25, 0.3) is 0 Å². The largest absolute Gasteiger partial charge is 0.356 e. The number of aromatic nitrogens is 1. The van der Waals surface area contributed by atoms with E-state index in [1.807, 2.05) is 11.8 Å². The van der Waals surface area contributed by atoms with Gasteiger partial charge in [-0.05, 0) is 32.3 Å². The summed E-state index contributed by atoms with van der Waals surface area (Å²) < 4.78 is 0. The molecule has 0 bridgehead atoms. The molecule has 1 aliphatic heterocycles. The third-order valence-electron chi connectivity index (χ3n) is 3.30. The highest BCUT2D eigenvalue weighted by Crippen LogP contribution is 2.22. The maximum Gasteiger partial charge on any atom is 0.270 e. The van der Waals surface area contributed by atoms with Crippen LogP contribution in [0.3, 0.4) is 0 Å². The van der Waals surface area contributed by atoms with Gasteiger partial charge in [0.1, 0.15) is 5.69 Å². The SMILES string of the molecule is CC(N)C1CCCCN1C(=O)c1cc(Cl)c[nH]1.Cl. The average Bonchev–Trinajstić information content (AvgIpc) is 2.75. The highest BCUT2D eigenvalue weighted by atomic mass is 35.5. The molecule has 0 saturated carbocycles. The van der Waals surface area contributed by atoms with Gasteiger partial charge in [-0.15, -0.1) is 12.4 Å². The molecule has 0 radical (unpaired) electrons. The van der Waals surface area contributed by atoms with Gasteiger partial charge in [0.25, 0.3) is 5.91 Å². The van der Waals surface area contributed by atoms with Gasteiger partial charge in [0.15, 0.2) is 0 Å². The number of H-pyrrole nitrogens is 1. The predicted octanol–water partition coefficient (Wildman–Crippen LogP) is 2.43. The summed E-state index contributed by atoms with van der Waals surface area (Å²) in [4.78, 5) is 17.1. The van der Waals surface area contributed by atoms with E-state index in [9.17, 15) is 4.79 Å². The highest BCUT2D eigenvalue weighted by molar-refractivity contribution is 6.30. The molecule has 2 atom stereocenters. The first kappa shape index (κ1) is 15.3. The highest BCUT2D eigenvalue weighted by Gasteiger charge is 2.30. The van der Waals surface area contributed by atoms with Crippen molar-refractivity contribution in [3.05, 3.63) is 23.0 Å². The Kier molecular flexibility index (Phi) is 5.50. The van der Waals surface area contributed by atoms with Crippen LogP contribution in [-0.4, -0.2) is 34.4 Å². The first-order valence-corrected chi connectivity index (χ1v) is 6.38. The summed E-state index contributed by atoms with van der Waals surface area (Å²) in [5.41, 5.74) is 6.49. The van der Waals surface area contributed by atoms with Gasteiger partial charge in [-0.3, -0.25) is 4.79 Å². The van der Waals surface area contributed by atoms with E-state index >= 15 is 0 Å². The number of carbonyl (C=O) groups excluding carboxylic acids is 1. The van der Waals surface area contributed by atoms with Crippen LogP contribution in [0.2, 0.25) is 5.02 Å². The Morgan fingerprint density at radius 2 is 2.33 bits per heavy atom. The second-order valence-electron chi connectivity index (χ2n) is 4.65. The van der Waals surface area contributed by atoms with E-state index in [1.54, 1.807) is 12.3 Å². The second-order valence-corrected chi connectivity index (χ2v) is 5.09. The quantitative estimate of drug-likeness (QED) is 0.879. The minimum absolute atomic E-state index is 0. The lowest BCUT2D eigenvalue weighted by atomic mass is 9.96. The Labute approximate surface area is 118 Å². The molecule has 1 aromatic heterocycles. The molecule has 3 N–H and O–H groups in total. The molecule has 18 heavy (non-hydrogen) atoms. The van der Waals surface area contributed by atoms with Crippen molar-refractivity contribution in [2.75, 3.05) is 6.54 Å². The van der Waals surface area contributed by atoms with Gasteiger partial charge in [-0.1, -0.05) is 11.6 Å². The number of hydrogen-bond acceptors (Lipinski definition) is 2. The van der Waals surface area contributed by atoms with Crippen LogP contribution < -0.4 is 5.73 Å². The van der Waals surface area contributed by atoms with Crippen molar-refractivity contribution in [2.24, 2.45) is 5.73 Å². The van der Waals surface area contributed by atoms with E-state index in [0.29, 0.717) is 10.7 Å². The molecule has 4 nitrogen and oxygen atoms in total. The van der Waals surface area contributed by atoms with Crippen molar-refractivity contribution in [3.63, 3.8) is 0 Å². The molecule has 1 aliphatic rings. The van der Waals surface area contributed by atoms with E-state index in [0.717, 1.165) is 25.8 Å². The number of hydrogen-bond donors (Lipinski definition) is 2. The van der Waals surface area contributed by atoms with E-state index in [4.69, 9.17) is 17.3 Å². The first-order chi connectivity index (χ1) is 8.09. The van der Waals surface area contributed by atoms with E-state index in [2.05, 4.69) is 4.98 Å². The van der Waals surface area contributed by atoms with Gasteiger partial charge in [0.2, 0.25) is 0 Å². The van der Waals surface area contributed by atoms with Crippen LogP contribution in [-0.2, 0) is 0 Å². The fraction of sp³-hybridized carbons (Fsp3) is 0.583. The summed E-state index contributed by atoms with van der Waals surface area (Å²) in [6.07, 6.45) is 4.79. The van der Waals surface area contributed by atoms with Gasteiger partial charge in [-0.2, -0.15) is 0 Å². The molecule has 0 spiro atoms. The molecular weight excluding hydrogens is 273 g/mol. The minimum atomic E-state index is -0.00102. The summed E-state index contributed by atoms with van der Waals surface area (Å²) in [6.45, 7) is 2.74. The van der Waals surface area contributed by atoms with Crippen LogP contribution in [0, 0.1) is 0 Å². The number of carbonyl (C=O) groups is 1. The van der Waals surface area contributed by atoms with Crippen molar-refractivity contribution in [1.82, 2.24) is 9.88 Å². The molecule has 6 heteroatoms. The minimum Gasteiger partial charge on any atom is -0.356 e. The van der Waals surface area contributed by atoms with Crippen molar-refractivity contribution in [2.45, 2.75) is 38.3 Å². The van der Waals surface area contributed by atoms with Crippen LogP contribution in [0.4, 0.5) is 0 Å². The standard InChI is InChI=1S/C12H18ClN3O.ClH/c1-8(14)11-4-2-3-5-16(11)12(17)10-6-9(13)7-15-10;/h6-8,11,15H,2-5,14H2,1H3;1H. The summed E-state index contributed by atoms with van der Waals surface area (Å²) in [6, 6.07) is 1.81. The first-order valence-electron chi connectivity index (χ1n) is 6.00. The zero-order valence-electron chi connectivity index (χ0n) is 10.4. The van der Waals surface area contributed by atoms with Crippen LogP contribution in [0.15, 0.2) is 12.3 Å².